The van der Waals surface area contributed by atoms with Gasteiger partial charge < -0.3 is 20.1 Å². The SMILES string of the molecule is Cc1nc(NC(=O)C(C)(C)C)sc1-c1cc(C(=O)N2CCOCC2)nn1CCO. The Bertz CT molecular complexity index is 893. The minimum Gasteiger partial charge on any atom is -0.394 e. The van der Waals surface area contributed by atoms with Crippen LogP contribution in [0.4, 0.5) is 5.13 Å². The number of aliphatic hydroxyl groups excluding tert-OH is 1. The molecule has 1 saturated heterocycles. The summed E-state index contributed by atoms with van der Waals surface area (Å²) in [5.41, 5.74) is 1.21. The molecule has 9 nitrogen and oxygen atoms in total. The van der Waals surface area contributed by atoms with Gasteiger partial charge in [-0.15, -0.1) is 0 Å². The van der Waals surface area contributed by atoms with Crippen LogP contribution in [0, 0.1) is 12.3 Å². The van der Waals surface area contributed by atoms with Crippen molar-refractivity contribution in [3.63, 3.8) is 0 Å². The number of amides is 2. The van der Waals surface area contributed by atoms with Gasteiger partial charge in [0.1, 0.15) is 0 Å². The molecule has 0 aliphatic carbocycles. The average Bonchev–Trinajstić information content (AvgIpc) is 3.24. The molecule has 0 atom stereocenters. The molecule has 1 aliphatic heterocycles. The van der Waals surface area contributed by atoms with Crippen LogP contribution < -0.4 is 5.32 Å². The summed E-state index contributed by atoms with van der Waals surface area (Å²) in [6.07, 6.45) is 0. The van der Waals surface area contributed by atoms with Gasteiger partial charge in [0.2, 0.25) is 5.91 Å². The van der Waals surface area contributed by atoms with Crippen LogP contribution >= 0.6 is 11.3 Å². The first-order valence-electron chi connectivity index (χ1n) is 9.55. The normalized spacial score (nSPS) is 14.9. The third-order valence-electron chi connectivity index (χ3n) is 4.54. The smallest absolute Gasteiger partial charge is 0.274 e. The number of ether oxygens (including phenoxy) is 1. The molecule has 2 N–H and O–H groups in total. The highest BCUT2D eigenvalue weighted by Gasteiger charge is 2.26. The Balaban J connectivity index is 1.90. The second kappa shape index (κ2) is 8.60. The lowest BCUT2D eigenvalue weighted by Gasteiger charge is -2.25. The van der Waals surface area contributed by atoms with Crippen LogP contribution in [-0.2, 0) is 16.1 Å². The van der Waals surface area contributed by atoms with Crippen molar-refractivity contribution in [3.05, 3.63) is 17.5 Å². The van der Waals surface area contributed by atoms with Crippen LogP contribution in [0.3, 0.4) is 0 Å². The molecule has 10 heteroatoms. The van der Waals surface area contributed by atoms with E-state index in [1.54, 1.807) is 15.6 Å². The van der Waals surface area contributed by atoms with Gasteiger partial charge in [-0.3, -0.25) is 14.3 Å². The van der Waals surface area contributed by atoms with Gasteiger partial charge in [0.15, 0.2) is 10.8 Å². The monoisotopic (exact) mass is 421 g/mol. The number of aromatic nitrogens is 3. The molecule has 0 radical (unpaired) electrons. The zero-order valence-electron chi connectivity index (χ0n) is 17.2. The highest BCUT2D eigenvalue weighted by Crippen LogP contribution is 2.34. The van der Waals surface area contributed by atoms with Crippen molar-refractivity contribution in [1.29, 1.82) is 0 Å². The molecular weight excluding hydrogens is 394 g/mol. The van der Waals surface area contributed by atoms with Gasteiger partial charge in [-0.05, 0) is 13.0 Å². The summed E-state index contributed by atoms with van der Waals surface area (Å²) in [6.45, 7) is 9.60. The number of rotatable bonds is 5. The zero-order chi connectivity index (χ0) is 21.2. The Morgan fingerprint density at radius 1 is 1.31 bits per heavy atom. The molecule has 0 spiro atoms. The summed E-state index contributed by atoms with van der Waals surface area (Å²) in [7, 11) is 0. The van der Waals surface area contributed by atoms with Crippen LogP contribution in [0.5, 0.6) is 0 Å². The lowest BCUT2D eigenvalue weighted by molar-refractivity contribution is -0.123. The van der Waals surface area contributed by atoms with Gasteiger partial charge in [0.05, 0.1) is 42.6 Å². The highest BCUT2D eigenvalue weighted by atomic mass is 32.1. The third kappa shape index (κ3) is 4.82. The molecule has 0 unspecified atom stereocenters. The van der Waals surface area contributed by atoms with Crippen molar-refractivity contribution in [3.8, 4) is 10.6 Å². The number of hydrogen-bond donors (Lipinski definition) is 2. The minimum absolute atomic E-state index is 0.106. The van der Waals surface area contributed by atoms with Crippen molar-refractivity contribution in [2.45, 2.75) is 34.2 Å². The lowest BCUT2D eigenvalue weighted by Crippen LogP contribution is -2.40. The molecule has 0 bridgehead atoms. The number of morpholine rings is 1. The molecule has 3 heterocycles. The van der Waals surface area contributed by atoms with Gasteiger partial charge in [-0.25, -0.2) is 4.98 Å². The van der Waals surface area contributed by atoms with E-state index in [1.165, 1.54) is 11.3 Å². The minimum atomic E-state index is -0.532. The van der Waals surface area contributed by atoms with Crippen LogP contribution in [0.2, 0.25) is 0 Å². The molecule has 29 heavy (non-hydrogen) atoms. The Labute approximate surface area is 173 Å². The van der Waals surface area contributed by atoms with Gasteiger partial charge in [-0.2, -0.15) is 5.10 Å². The van der Waals surface area contributed by atoms with Crippen molar-refractivity contribution in [1.82, 2.24) is 19.7 Å². The van der Waals surface area contributed by atoms with Crippen molar-refractivity contribution >= 4 is 28.3 Å². The second-order valence-corrected chi connectivity index (χ2v) is 8.90. The van der Waals surface area contributed by atoms with E-state index in [0.29, 0.717) is 42.8 Å². The summed E-state index contributed by atoms with van der Waals surface area (Å²) in [4.78, 5) is 32.1. The maximum Gasteiger partial charge on any atom is 0.274 e. The quantitative estimate of drug-likeness (QED) is 0.761. The van der Waals surface area contributed by atoms with E-state index in [9.17, 15) is 14.7 Å². The number of aliphatic hydroxyl groups is 1. The van der Waals surface area contributed by atoms with Crippen molar-refractivity contribution < 1.29 is 19.4 Å². The largest absolute Gasteiger partial charge is 0.394 e. The standard InChI is InChI=1S/C19H27N5O4S/c1-12-15(29-18(20-12)21-17(27)19(2,3)4)14-11-13(22-24(14)5-8-25)16(26)23-6-9-28-10-7-23/h11,25H,5-10H2,1-4H3,(H,20,21,27). The molecule has 2 aromatic rings. The van der Waals surface area contributed by atoms with E-state index in [-0.39, 0.29) is 25.0 Å². The van der Waals surface area contributed by atoms with Crippen LogP contribution in [0.1, 0.15) is 37.0 Å². The molecule has 1 aliphatic rings. The van der Waals surface area contributed by atoms with E-state index in [4.69, 9.17) is 4.74 Å². The van der Waals surface area contributed by atoms with Crippen molar-refractivity contribution in [2.24, 2.45) is 5.41 Å². The zero-order valence-corrected chi connectivity index (χ0v) is 18.0. The predicted molar refractivity (Wildman–Crippen MR) is 110 cm³/mol. The molecule has 0 saturated carbocycles. The van der Waals surface area contributed by atoms with E-state index in [2.05, 4.69) is 15.4 Å². The average molecular weight is 422 g/mol. The molecule has 158 valence electrons. The molecule has 3 rings (SSSR count). The van der Waals surface area contributed by atoms with E-state index in [0.717, 1.165) is 10.6 Å². The molecular formula is C19H27N5O4S. The fourth-order valence-corrected chi connectivity index (χ4v) is 3.85. The molecule has 2 aromatic heterocycles. The summed E-state index contributed by atoms with van der Waals surface area (Å²) >= 11 is 1.33. The number of nitrogens with one attached hydrogen (secondary N) is 1. The maximum atomic E-state index is 12.8. The maximum absolute atomic E-state index is 12.8. The van der Waals surface area contributed by atoms with E-state index >= 15 is 0 Å². The molecule has 1 fully saturated rings. The first-order chi connectivity index (χ1) is 13.7. The van der Waals surface area contributed by atoms with Gasteiger partial charge in [-0.1, -0.05) is 32.1 Å². The summed E-state index contributed by atoms with van der Waals surface area (Å²) in [5, 5.41) is 17.2. The topological polar surface area (TPSA) is 110 Å². The second-order valence-electron chi connectivity index (χ2n) is 7.90. The number of hydrogen-bond acceptors (Lipinski definition) is 7. The number of carbonyl (C=O) groups is 2. The number of anilines is 1. The van der Waals surface area contributed by atoms with Crippen molar-refractivity contribution in [2.75, 3.05) is 38.2 Å². The predicted octanol–water partition coefficient (Wildman–Crippen LogP) is 1.76. The number of thiazole rings is 1. The molecule has 0 aromatic carbocycles. The van der Waals surface area contributed by atoms with Crippen LogP contribution in [-0.4, -0.2) is 69.5 Å². The Kier molecular flexibility index (Phi) is 6.35. The summed E-state index contributed by atoms with van der Waals surface area (Å²) in [5.74, 6) is -0.278. The van der Waals surface area contributed by atoms with Gasteiger partial charge in [0, 0.05) is 18.5 Å². The van der Waals surface area contributed by atoms with Crippen LogP contribution in [0.15, 0.2) is 6.07 Å². The number of nitrogens with zero attached hydrogens (tertiary/aromatic N) is 4. The summed E-state index contributed by atoms with van der Waals surface area (Å²) in [6, 6.07) is 1.73. The Morgan fingerprint density at radius 2 is 2.00 bits per heavy atom. The Morgan fingerprint density at radius 3 is 2.62 bits per heavy atom. The number of aryl methyl sites for hydroxylation is 1. The molecule has 2 amide bonds. The fraction of sp³-hybridized carbons (Fsp3) is 0.579. The summed E-state index contributed by atoms with van der Waals surface area (Å²) < 4.78 is 6.92. The third-order valence-corrected chi connectivity index (χ3v) is 5.64. The highest BCUT2D eigenvalue weighted by molar-refractivity contribution is 7.19. The first kappa shape index (κ1) is 21.4. The van der Waals surface area contributed by atoms with Gasteiger partial charge >= 0.3 is 0 Å². The Hall–Kier alpha value is -2.30. The number of carbonyl (C=O) groups excluding carboxylic acids is 2. The van der Waals surface area contributed by atoms with E-state index < -0.39 is 5.41 Å². The van der Waals surface area contributed by atoms with E-state index in [1.807, 2.05) is 27.7 Å². The van der Waals surface area contributed by atoms with Crippen LogP contribution in [0.25, 0.3) is 10.6 Å². The van der Waals surface area contributed by atoms with Gasteiger partial charge in [0.25, 0.3) is 5.91 Å². The lowest BCUT2D eigenvalue weighted by atomic mass is 9.96. The first-order valence-corrected chi connectivity index (χ1v) is 10.4. The fourth-order valence-electron chi connectivity index (χ4n) is 2.87.